The summed E-state index contributed by atoms with van der Waals surface area (Å²) in [6.07, 6.45) is 3.39. The van der Waals surface area contributed by atoms with Crippen LogP contribution in [-0.4, -0.2) is 24.1 Å². The van der Waals surface area contributed by atoms with Crippen molar-refractivity contribution in [1.29, 1.82) is 0 Å². The van der Waals surface area contributed by atoms with E-state index in [0.29, 0.717) is 0 Å². The summed E-state index contributed by atoms with van der Waals surface area (Å²) in [4.78, 5) is 21.5. The average molecular weight is 170 g/mol. The predicted molar refractivity (Wildman–Crippen MR) is 38.2 cm³/mol. The van der Waals surface area contributed by atoms with E-state index in [4.69, 9.17) is 9.47 Å². The van der Waals surface area contributed by atoms with Gasteiger partial charge >= 0.3 is 11.9 Å². The lowest BCUT2D eigenvalue weighted by atomic mass is 9.94. The first-order chi connectivity index (χ1) is 5.77. The summed E-state index contributed by atoms with van der Waals surface area (Å²) < 4.78 is 9.78. The molecule has 12 heavy (non-hydrogen) atoms. The molecule has 0 spiro atoms. The van der Waals surface area contributed by atoms with Gasteiger partial charge in [-0.05, 0) is 25.7 Å². The van der Waals surface area contributed by atoms with Crippen molar-refractivity contribution < 1.29 is 19.1 Å². The number of carbonyl (C=O) groups excluding carboxylic acids is 2. The third-order valence-electron chi connectivity index (χ3n) is 2.33. The normalized spacial score (nSPS) is 35.0. The van der Waals surface area contributed by atoms with E-state index in [1.165, 1.54) is 0 Å². The molecule has 4 heteroatoms. The standard InChI is InChI=1S/C8H10O4/c9-7-8(10)12-6-4-2-1-3-5(6)11-7/h5-6H,1-4H2/t5-,6-/m0/s1. The van der Waals surface area contributed by atoms with Crippen molar-refractivity contribution in [2.75, 3.05) is 0 Å². The van der Waals surface area contributed by atoms with E-state index in [-0.39, 0.29) is 12.2 Å². The second-order valence-corrected chi connectivity index (χ2v) is 3.17. The second-order valence-electron chi connectivity index (χ2n) is 3.17. The largest absolute Gasteiger partial charge is 0.450 e. The lowest BCUT2D eigenvalue weighted by molar-refractivity contribution is -0.198. The van der Waals surface area contributed by atoms with Crippen LogP contribution in [0.1, 0.15) is 25.7 Å². The van der Waals surface area contributed by atoms with Gasteiger partial charge in [-0.15, -0.1) is 0 Å². The maximum absolute atomic E-state index is 10.8. The minimum Gasteiger partial charge on any atom is -0.450 e. The van der Waals surface area contributed by atoms with Crippen LogP contribution in [-0.2, 0) is 19.1 Å². The van der Waals surface area contributed by atoms with Gasteiger partial charge in [-0.1, -0.05) is 0 Å². The quantitative estimate of drug-likeness (QED) is 0.390. The van der Waals surface area contributed by atoms with Crippen molar-refractivity contribution in [2.45, 2.75) is 37.9 Å². The molecule has 0 aromatic heterocycles. The van der Waals surface area contributed by atoms with Crippen molar-refractivity contribution in [1.82, 2.24) is 0 Å². The molecule has 66 valence electrons. The summed E-state index contributed by atoms with van der Waals surface area (Å²) in [7, 11) is 0. The smallest absolute Gasteiger partial charge is 0.417 e. The average Bonchev–Trinajstić information content (AvgIpc) is 2.07. The predicted octanol–water partition coefficient (Wildman–Crippen LogP) is 0.398. The highest BCUT2D eigenvalue weighted by molar-refractivity contribution is 6.30. The van der Waals surface area contributed by atoms with Gasteiger partial charge in [0.15, 0.2) is 0 Å². The number of hydrogen-bond acceptors (Lipinski definition) is 4. The molecule has 0 aromatic carbocycles. The van der Waals surface area contributed by atoms with Crippen molar-refractivity contribution in [3.05, 3.63) is 0 Å². The van der Waals surface area contributed by atoms with Crippen LogP contribution in [0.3, 0.4) is 0 Å². The Morgan fingerprint density at radius 3 is 1.75 bits per heavy atom. The Hall–Kier alpha value is -1.06. The van der Waals surface area contributed by atoms with Crippen molar-refractivity contribution in [3.8, 4) is 0 Å². The van der Waals surface area contributed by atoms with Gasteiger partial charge in [0, 0.05) is 0 Å². The van der Waals surface area contributed by atoms with Crippen LogP contribution in [0.2, 0.25) is 0 Å². The van der Waals surface area contributed by atoms with Crippen LogP contribution >= 0.6 is 0 Å². The molecular weight excluding hydrogens is 160 g/mol. The zero-order valence-corrected chi connectivity index (χ0v) is 6.62. The molecule has 0 bridgehead atoms. The molecule has 1 aliphatic carbocycles. The third-order valence-corrected chi connectivity index (χ3v) is 2.33. The van der Waals surface area contributed by atoms with Crippen molar-refractivity contribution in [2.24, 2.45) is 0 Å². The highest BCUT2D eigenvalue weighted by atomic mass is 16.6. The maximum Gasteiger partial charge on any atom is 0.417 e. The molecule has 1 heterocycles. The summed E-state index contributed by atoms with van der Waals surface area (Å²) in [6, 6.07) is 0. The van der Waals surface area contributed by atoms with Crippen LogP contribution in [0.15, 0.2) is 0 Å². The molecular formula is C8H10O4. The number of ether oxygens (including phenoxy) is 2. The van der Waals surface area contributed by atoms with E-state index in [2.05, 4.69) is 0 Å². The molecule has 0 N–H and O–H groups in total. The number of hydrogen-bond donors (Lipinski definition) is 0. The molecule has 2 fully saturated rings. The molecule has 1 saturated carbocycles. The molecule has 0 aromatic rings. The Labute approximate surface area is 69.8 Å². The highest BCUT2D eigenvalue weighted by Crippen LogP contribution is 2.26. The van der Waals surface area contributed by atoms with Gasteiger partial charge in [0.25, 0.3) is 0 Å². The van der Waals surface area contributed by atoms with E-state index in [0.717, 1.165) is 25.7 Å². The SMILES string of the molecule is O=C1O[C@H]2CCCC[C@@H]2OC1=O. The Morgan fingerprint density at radius 2 is 1.33 bits per heavy atom. The van der Waals surface area contributed by atoms with Crippen LogP contribution in [0.5, 0.6) is 0 Å². The van der Waals surface area contributed by atoms with Crippen molar-refractivity contribution in [3.63, 3.8) is 0 Å². The molecule has 2 rings (SSSR count). The van der Waals surface area contributed by atoms with Gasteiger partial charge in [0.1, 0.15) is 12.2 Å². The zero-order chi connectivity index (χ0) is 8.55. The minimum atomic E-state index is -0.835. The van der Waals surface area contributed by atoms with E-state index in [1.54, 1.807) is 0 Å². The molecule has 4 nitrogen and oxygen atoms in total. The fraction of sp³-hybridized carbons (Fsp3) is 0.750. The molecule has 1 saturated heterocycles. The van der Waals surface area contributed by atoms with Crippen LogP contribution in [0.4, 0.5) is 0 Å². The number of fused-ring (bicyclic) bond motifs is 1. The van der Waals surface area contributed by atoms with Gasteiger partial charge in [-0.2, -0.15) is 0 Å². The summed E-state index contributed by atoms with van der Waals surface area (Å²) in [5.41, 5.74) is 0. The van der Waals surface area contributed by atoms with E-state index in [9.17, 15) is 9.59 Å². The number of rotatable bonds is 0. The first kappa shape index (κ1) is 7.58. The first-order valence-corrected chi connectivity index (χ1v) is 4.19. The van der Waals surface area contributed by atoms with E-state index >= 15 is 0 Å². The lowest BCUT2D eigenvalue weighted by Gasteiger charge is -2.33. The summed E-state index contributed by atoms with van der Waals surface area (Å²) in [5, 5.41) is 0. The monoisotopic (exact) mass is 170 g/mol. The molecule has 0 radical (unpaired) electrons. The van der Waals surface area contributed by atoms with Crippen molar-refractivity contribution >= 4 is 11.9 Å². The van der Waals surface area contributed by atoms with Gasteiger partial charge in [0.2, 0.25) is 0 Å². The number of esters is 2. The number of carbonyl (C=O) groups is 2. The summed E-state index contributed by atoms with van der Waals surface area (Å²) in [5.74, 6) is -1.67. The Kier molecular flexibility index (Phi) is 1.75. The van der Waals surface area contributed by atoms with Gasteiger partial charge < -0.3 is 9.47 Å². The van der Waals surface area contributed by atoms with Gasteiger partial charge in [-0.25, -0.2) is 9.59 Å². The van der Waals surface area contributed by atoms with Crippen LogP contribution in [0, 0.1) is 0 Å². The minimum absolute atomic E-state index is 0.177. The Balaban J connectivity index is 2.07. The molecule has 2 aliphatic rings. The molecule has 2 atom stereocenters. The molecule has 0 unspecified atom stereocenters. The first-order valence-electron chi connectivity index (χ1n) is 4.19. The molecule has 0 amide bonds. The van der Waals surface area contributed by atoms with Crippen LogP contribution < -0.4 is 0 Å². The van der Waals surface area contributed by atoms with Gasteiger partial charge in [0.05, 0.1) is 0 Å². The topological polar surface area (TPSA) is 52.6 Å². The summed E-state index contributed by atoms with van der Waals surface area (Å²) in [6.45, 7) is 0. The van der Waals surface area contributed by atoms with E-state index < -0.39 is 11.9 Å². The Morgan fingerprint density at radius 1 is 0.917 bits per heavy atom. The fourth-order valence-electron chi connectivity index (χ4n) is 1.70. The third kappa shape index (κ3) is 1.17. The Bertz CT molecular complexity index is 199. The van der Waals surface area contributed by atoms with E-state index in [1.807, 2.05) is 0 Å². The lowest BCUT2D eigenvalue weighted by Crippen LogP contribution is -2.45. The maximum atomic E-state index is 10.8. The van der Waals surface area contributed by atoms with Crippen LogP contribution in [0.25, 0.3) is 0 Å². The fourth-order valence-corrected chi connectivity index (χ4v) is 1.70. The zero-order valence-electron chi connectivity index (χ0n) is 6.62. The highest BCUT2D eigenvalue weighted by Gasteiger charge is 2.39. The van der Waals surface area contributed by atoms with Gasteiger partial charge in [-0.3, -0.25) is 0 Å². The molecule has 1 aliphatic heterocycles. The second kappa shape index (κ2) is 2.77. The summed E-state index contributed by atoms with van der Waals surface area (Å²) >= 11 is 0.